The summed E-state index contributed by atoms with van der Waals surface area (Å²) in [4.78, 5) is 30.3. The third-order valence-electron chi connectivity index (χ3n) is 8.78. The van der Waals surface area contributed by atoms with Gasteiger partial charge in [-0.2, -0.15) is 5.26 Å². The number of aliphatic hydroxyl groups is 1. The highest BCUT2D eigenvalue weighted by Gasteiger charge is 2.46. The van der Waals surface area contributed by atoms with Gasteiger partial charge < -0.3 is 24.6 Å². The maximum atomic E-state index is 14.1. The van der Waals surface area contributed by atoms with Crippen molar-refractivity contribution < 1.29 is 19.4 Å². The molecule has 2 amide bonds. The largest absolute Gasteiger partial charge is 0.496 e. The first kappa shape index (κ1) is 25.7. The molecule has 1 aromatic carbocycles. The highest BCUT2D eigenvalue weighted by molar-refractivity contribution is 7.13. The number of nitrogens with one attached hydrogen (secondary N) is 1. The Morgan fingerprint density at radius 1 is 1.21 bits per heavy atom. The van der Waals surface area contributed by atoms with Gasteiger partial charge in [0, 0.05) is 29.1 Å². The Labute approximate surface area is 231 Å². The highest BCUT2D eigenvalue weighted by atomic mass is 32.1. The van der Waals surface area contributed by atoms with Gasteiger partial charge in [-0.1, -0.05) is 6.07 Å². The first-order valence-corrected chi connectivity index (χ1v) is 14.3. The normalized spacial score (nSPS) is 21.5. The molecule has 0 unspecified atom stereocenters. The quantitative estimate of drug-likeness (QED) is 0.471. The van der Waals surface area contributed by atoms with E-state index in [1.807, 2.05) is 47.5 Å². The first-order chi connectivity index (χ1) is 18.7. The molecule has 202 valence electrons. The van der Waals surface area contributed by atoms with E-state index in [0.29, 0.717) is 49.4 Å². The van der Waals surface area contributed by atoms with Gasteiger partial charge in [0.15, 0.2) is 0 Å². The van der Waals surface area contributed by atoms with Gasteiger partial charge in [-0.05, 0) is 81.2 Å². The van der Waals surface area contributed by atoms with Crippen molar-refractivity contribution in [2.45, 2.75) is 69.7 Å². The fraction of sp³-hybridized carbons (Fsp3) is 0.433. The minimum absolute atomic E-state index is 0.0837. The summed E-state index contributed by atoms with van der Waals surface area (Å²) in [6.07, 6.45) is 2.92. The predicted octanol–water partition coefficient (Wildman–Crippen LogP) is 4.61. The fourth-order valence-corrected chi connectivity index (χ4v) is 6.81. The summed E-state index contributed by atoms with van der Waals surface area (Å²) in [5.74, 6) is 0.0504. The van der Waals surface area contributed by atoms with Crippen LogP contribution in [0.5, 0.6) is 5.75 Å². The molecular formula is C30H32N4O4S. The van der Waals surface area contributed by atoms with Crippen LogP contribution < -0.4 is 10.1 Å². The molecule has 3 aromatic rings. The Balaban J connectivity index is 1.49. The monoisotopic (exact) mass is 544 g/mol. The zero-order valence-corrected chi connectivity index (χ0v) is 23.2. The van der Waals surface area contributed by atoms with E-state index in [2.05, 4.69) is 16.0 Å². The smallest absolute Gasteiger partial charge is 0.271 e. The topological polar surface area (TPSA) is 108 Å². The molecule has 1 saturated carbocycles. The third kappa shape index (κ3) is 4.05. The highest BCUT2D eigenvalue weighted by Crippen LogP contribution is 2.45. The van der Waals surface area contributed by atoms with E-state index in [9.17, 15) is 20.0 Å². The third-order valence-corrected chi connectivity index (χ3v) is 9.68. The minimum atomic E-state index is -0.799. The lowest BCUT2D eigenvalue weighted by Crippen LogP contribution is -2.52. The summed E-state index contributed by atoms with van der Waals surface area (Å²) in [5, 5.41) is 25.0. The van der Waals surface area contributed by atoms with Crippen molar-refractivity contribution in [1.29, 1.82) is 5.26 Å². The number of hydrogen-bond acceptors (Lipinski definition) is 6. The number of fused-ring (bicyclic) bond motifs is 3. The molecular weight excluding hydrogens is 512 g/mol. The zero-order chi connectivity index (χ0) is 27.5. The molecule has 6 rings (SSSR count). The molecule has 8 nitrogen and oxygen atoms in total. The number of nitrogens with zero attached hydrogens (tertiary/aromatic N) is 3. The number of likely N-dealkylation sites (tertiary alicyclic amines) is 1. The van der Waals surface area contributed by atoms with Crippen molar-refractivity contribution >= 4 is 23.2 Å². The Kier molecular flexibility index (Phi) is 6.08. The van der Waals surface area contributed by atoms with Gasteiger partial charge in [-0.15, -0.1) is 11.3 Å². The number of thiophene rings is 1. The van der Waals surface area contributed by atoms with E-state index in [4.69, 9.17) is 4.74 Å². The lowest BCUT2D eigenvalue weighted by Gasteiger charge is -2.38. The molecule has 2 aromatic heterocycles. The second-order valence-electron chi connectivity index (χ2n) is 11.1. The Hall–Kier alpha value is -3.61. The van der Waals surface area contributed by atoms with Crippen LogP contribution in [0.4, 0.5) is 0 Å². The summed E-state index contributed by atoms with van der Waals surface area (Å²) in [6, 6.07) is 12.0. The molecule has 1 saturated heterocycles. The number of carbonyl (C=O) groups excluding carboxylic acids is 2. The molecule has 4 heterocycles. The molecule has 0 bridgehead atoms. The molecule has 0 radical (unpaired) electrons. The average Bonchev–Trinajstić information content (AvgIpc) is 3.29. The van der Waals surface area contributed by atoms with Gasteiger partial charge in [0.1, 0.15) is 17.0 Å². The van der Waals surface area contributed by atoms with Gasteiger partial charge in [0.2, 0.25) is 0 Å². The SMILES string of the molecule is COc1cc2c(cc1C(=O)NC1(C#N)CC1)-c1c(-c3cccs3)cc(C(=O)N3CCC[C@]3(C)[C@@H](C)O)n1CC2. The molecule has 1 aliphatic carbocycles. The number of rotatable bonds is 6. The van der Waals surface area contributed by atoms with Crippen LogP contribution in [0.1, 0.15) is 65.9 Å². The number of aryl methyl sites for hydroxylation is 1. The fourth-order valence-electron chi connectivity index (χ4n) is 6.06. The summed E-state index contributed by atoms with van der Waals surface area (Å²) >= 11 is 1.60. The van der Waals surface area contributed by atoms with Gasteiger partial charge in [-0.25, -0.2) is 0 Å². The Bertz CT molecular complexity index is 1510. The van der Waals surface area contributed by atoms with Crippen molar-refractivity contribution in [2.24, 2.45) is 0 Å². The Morgan fingerprint density at radius 2 is 2.00 bits per heavy atom. The second-order valence-corrected chi connectivity index (χ2v) is 12.1. The number of hydrogen-bond donors (Lipinski definition) is 2. The molecule has 2 atom stereocenters. The van der Waals surface area contributed by atoms with Gasteiger partial charge in [-0.3, -0.25) is 9.59 Å². The van der Waals surface area contributed by atoms with Crippen LogP contribution in [0.25, 0.3) is 21.7 Å². The summed E-state index contributed by atoms with van der Waals surface area (Å²) in [7, 11) is 1.55. The number of ether oxygens (including phenoxy) is 1. The predicted molar refractivity (Wildman–Crippen MR) is 149 cm³/mol. The maximum absolute atomic E-state index is 14.1. The van der Waals surface area contributed by atoms with Crippen LogP contribution in [0, 0.1) is 11.3 Å². The van der Waals surface area contributed by atoms with E-state index in [1.165, 1.54) is 0 Å². The van der Waals surface area contributed by atoms with E-state index in [0.717, 1.165) is 40.1 Å². The van der Waals surface area contributed by atoms with Gasteiger partial charge >= 0.3 is 0 Å². The van der Waals surface area contributed by atoms with E-state index < -0.39 is 17.2 Å². The molecule has 2 fully saturated rings. The number of amides is 2. The molecule has 2 aliphatic heterocycles. The van der Waals surface area contributed by atoms with Gasteiger partial charge in [0.25, 0.3) is 11.8 Å². The molecule has 2 N–H and O–H groups in total. The van der Waals surface area contributed by atoms with Crippen LogP contribution >= 0.6 is 11.3 Å². The van der Waals surface area contributed by atoms with E-state index in [-0.39, 0.29) is 11.8 Å². The molecule has 9 heteroatoms. The Morgan fingerprint density at radius 3 is 2.64 bits per heavy atom. The number of benzene rings is 1. The number of nitriles is 1. The number of carbonyl (C=O) groups is 2. The maximum Gasteiger partial charge on any atom is 0.271 e. The van der Waals surface area contributed by atoms with Gasteiger partial charge in [0.05, 0.1) is 36.1 Å². The van der Waals surface area contributed by atoms with Crippen molar-refractivity contribution in [3.63, 3.8) is 0 Å². The average molecular weight is 545 g/mol. The van der Waals surface area contributed by atoms with Crippen molar-refractivity contribution in [2.75, 3.05) is 13.7 Å². The minimum Gasteiger partial charge on any atom is -0.496 e. The van der Waals surface area contributed by atoms with Crippen LogP contribution in [0.2, 0.25) is 0 Å². The van der Waals surface area contributed by atoms with Crippen molar-refractivity contribution in [1.82, 2.24) is 14.8 Å². The van der Waals surface area contributed by atoms with Crippen molar-refractivity contribution in [3.05, 3.63) is 52.5 Å². The van der Waals surface area contributed by atoms with Crippen LogP contribution in [-0.4, -0.2) is 57.2 Å². The van der Waals surface area contributed by atoms with E-state index in [1.54, 1.807) is 25.4 Å². The molecule has 39 heavy (non-hydrogen) atoms. The zero-order valence-electron chi connectivity index (χ0n) is 22.4. The number of methoxy groups -OCH3 is 1. The molecule has 3 aliphatic rings. The van der Waals surface area contributed by atoms with Crippen LogP contribution in [0.3, 0.4) is 0 Å². The van der Waals surface area contributed by atoms with Crippen LogP contribution in [-0.2, 0) is 13.0 Å². The lowest BCUT2D eigenvalue weighted by molar-refractivity contribution is 0.0145. The van der Waals surface area contributed by atoms with Crippen LogP contribution in [0.15, 0.2) is 35.7 Å². The summed E-state index contributed by atoms with van der Waals surface area (Å²) in [6.45, 7) is 4.93. The van der Waals surface area contributed by atoms with E-state index >= 15 is 0 Å². The first-order valence-electron chi connectivity index (χ1n) is 13.4. The second kappa shape index (κ2) is 9.25. The van der Waals surface area contributed by atoms with Crippen molar-refractivity contribution in [3.8, 4) is 33.5 Å². The summed E-state index contributed by atoms with van der Waals surface area (Å²) in [5.41, 5.74) is 3.33. The number of aliphatic hydroxyl groups excluding tert-OH is 1. The molecule has 0 spiro atoms. The standard InChI is InChI=1S/C30H32N4O4S/c1-18(35)29(2)8-5-11-34(29)28(37)23-16-22(25-6-4-13-39-25)26-20-15-21(27(36)32-30(17-31)9-10-30)24(38-3)14-19(20)7-12-33(23)26/h4,6,13-16,18,35H,5,7-12H2,1-3H3,(H,32,36)/t18-,29-/m1/s1. The lowest BCUT2D eigenvalue weighted by atomic mass is 9.92. The summed E-state index contributed by atoms with van der Waals surface area (Å²) < 4.78 is 7.69. The number of aromatic nitrogens is 1.